The number of aliphatic carboxylic acids is 1. The number of carboxylic acid groups (broad SMARTS) is 1. The topological polar surface area (TPSA) is 63.3 Å². The van der Waals surface area contributed by atoms with E-state index in [1.165, 1.54) is 0 Å². The fourth-order valence-corrected chi connectivity index (χ4v) is 2.01. The van der Waals surface area contributed by atoms with E-state index in [2.05, 4.69) is 13.2 Å². The zero-order chi connectivity index (χ0) is 14.3. The standard InChI is InChI=1S/C16H19NO2/c1-3-4-8-12(2)16(14(17)11-15(18)19)13-9-6-5-7-10-13/h3-10,14,16H,1-2,11,17H2,(H,18,19)/b8-4-. The lowest BCUT2D eigenvalue weighted by atomic mass is 9.84. The van der Waals surface area contributed by atoms with Crippen LogP contribution in [0.4, 0.5) is 0 Å². The average Bonchev–Trinajstić information content (AvgIpc) is 2.37. The molecule has 100 valence electrons. The molecule has 0 saturated carbocycles. The van der Waals surface area contributed by atoms with Gasteiger partial charge in [-0.3, -0.25) is 4.79 Å². The summed E-state index contributed by atoms with van der Waals surface area (Å²) < 4.78 is 0. The Morgan fingerprint density at radius 1 is 1.37 bits per heavy atom. The van der Waals surface area contributed by atoms with Gasteiger partial charge in [0.25, 0.3) is 0 Å². The van der Waals surface area contributed by atoms with E-state index in [9.17, 15) is 4.79 Å². The summed E-state index contributed by atoms with van der Waals surface area (Å²) in [6, 6.07) is 9.06. The summed E-state index contributed by atoms with van der Waals surface area (Å²) in [5.41, 5.74) is 7.77. The molecule has 0 aliphatic heterocycles. The van der Waals surface area contributed by atoms with Crippen LogP contribution in [0.5, 0.6) is 0 Å². The van der Waals surface area contributed by atoms with Gasteiger partial charge < -0.3 is 10.8 Å². The fraction of sp³-hybridized carbons (Fsp3) is 0.188. The molecular weight excluding hydrogens is 238 g/mol. The third kappa shape index (κ3) is 4.56. The minimum Gasteiger partial charge on any atom is -0.481 e. The molecule has 3 heteroatoms. The van der Waals surface area contributed by atoms with Crippen molar-refractivity contribution in [2.75, 3.05) is 0 Å². The molecule has 0 radical (unpaired) electrons. The molecule has 0 spiro atoms. The number of hydrogen-bond donors (Lipinski definition) is 2. The Bertz CT molecular complexity index is 477. The summed E-state index contributed by atoms with van der Waals surface area (Å²) in [6.45, 7) is 7.59. The van der Waals surface area contributed by atoms with Crippen LogP contribution in [0.3, 0.4) is 0 Å². The van der Waals surface area contributed by atoms with E-state index in [4.69, 9.17) is 10.8 Å². The second kappa shape index (κ2) is 7.34. The van der Waals surface area contributed by atoms with Crippen LogP contribution in [0.15, 0.2) is 67.3 Å². The first-order valence-electron chi connectivity index (χ1n) is 6.06. The third-order valence-electron chi connectivity index (χ3n) is 2.84. The highest BCUT2D eigenvalue weighted by Crippen LogP contribution is 2.28. The van der Waals surface area contributed by atoms with Crippen LogP contribution in [-0.4, -0.2) is 17.1 Å². The molecule has 1 aromatic carbocycles. The maximum Gasteiger partial charge on any atom is 0.304 e. The van der Waals surface area contributed by atoms with E-state index in [1.54, 1.807) is 12.2 Å². The van der Waals surface area contributed by atoms with Crippen LogP contribution in [-0.2, 0) is 4.79 Å². The van der Waals surface area contributed by atoms with Crippen molar-refractivity contribution in [3.05, 3.63) is 72.9 Å². The predicted octanol–water partition coefficient (Wildman–Crippen LogP) is 2.87. The van der Waals surface area contributed by atoms with E-state index < -0.39 is 12.0 Å². The van der Waals surface area contributed by atoms with Gasteiger partial charge in [0.15, 0.2) is 0 Å². The second-order valence-electron chi connectivity index (χ2n) is 4.32. The largest absolute Gasteiger partial charge is 0.481 e. The molecule has 0 amide bonds. The number of hydrogen-bond acceptors (Lipinski definition) is 2. The van der Waals surface area contributed by atoms with Gasteiger partial charge in [-0.05, 0) is 11.1 Å². The van der Waals surface area contributed by atoms with Crippen molar-refractivity contribution in [2.24, 2.45) is 5.73 Å². The molecule has 0 bridgehead atoms. The summed E-state index contributed by atoms with van der Waals surface area (Å²) in [5, 5.41) is 8.89. The van der Waals surface area contributed by atoms with E-state index in [1.807, 2.05) is 36.4 Å². The van der Waals surface area contributed by atoms with Crippen LogP contribution in [0.1, 0.15) is 17.9 Å². The summed E-state index contributed by atoms with van der Waals surface area (Å²) in [5.74, 6) is -1.12. The van der Waals surface area contributed by atoms with Crippen LogP contribution in [0.25, 0.3) is 0 Å². The minimum atomic E-state index is -0.908. The van der Waals surface area contributed by atoms with Crippen molar-refractivity contribution in [1.82, 2.24) is 0 Å². The molecule has 2 atom stereocenters. The molecule has 1 rings (SSSR count). The third-order valence-corrected chi connectivity index (χ3v) is 2.84. The smallest absolute Gasteiger partial charge is 0.304 e. The van der Waals surface area contributed by atoms with E-state index in [0.717, 1.165) is 11.1 Å². The highest BCUT2D eigenvalue weighted by molar-refractivity contribution is 5.68. The molecule has 3 N–H and O–H groups in total. The lowest BCUT2D eigenvalue weighted by Gasteiger charge is -2.24. The van der Waals surface area contributed by atoms with Crippen molar-refractivity contribution < 1.29 is 9.90 Å². The predicted molar refractivity (Wildman–Crippen MR) is 77.9 cm³/mol. The molecule has 0 aliphatic rings. The number of allylic oxidation sites excluding steroid dienone is 3. The van der Waals surface area contributed by atoms with E-state index >= 15 is 0 Å². The quantitative estimate of drug-likeness (QED) is 0.738. The normalized spacial score (nSPS) is 13.9. The van der Waals surface area contributed by atoms with E-state index in [-0.39, 0.29) is 12.3 Å². The highest BCUT2D eigenvalue weighted by atomic mass is 16.4. The second-order valence-corrected chi connectivity index (χ2v) is 4.32. The van der Waals surface area contributed by atoms with Crippen LogP contribution in [0, 0.1) is 0 Å². The number of rotatable bonds is 7. The van der Waals surface area contributed by atoms with Crippen molar-refractivity contribution in [2.45, 2.75) is 18.4 Å². The van der Waals surface area contributed by atoms with Gasteiger partial charge in [0.1, 0.15) is 0 Å². The van der Waals surface area contributed by atoms with Gasteiger partial charge in [-0.2, -0.15) is 0 Å². The zero-order valence-corrected chi connectivity index (χ0v) is 10.8. The van der Waals surface area contributed by atoms with Gasteiger partial charge in [0.2, 0.25) is 0 Å². The average molecular weight is 257 g/mol. The van der Waals surface area contributed by atoms with Crippen molar-refractivity contribution in [3.63, 3.8) is 0 Å². The highest BCUT2D eigenvalue weighted by Gasteiger charge is 2.23. The Kier molecular flexibility index (Phi) is 5.76. The number of carbonyl (C=O) groups is 1. The zero-order valence-electron chi connectivity index (χ0n) is 10.8. The summed E-state index contributed by atoms with van der Waals surface area (Å²) in [7, 11) is 0. The Morgan fingerprint density at radius 3 is 2.53 bits per heavy atom. The molecular formula is C16H19NO2. The van der Waals surface area contributed by atoms with Crippen molar-refractivity contribution >= 4 is 5.97 Å². The molecule has 0 aromatic heterocycles. The molecule has 0 heterocycles. The van der Waals surface area contributed by atoms with Crippen molar-refractivity contribution in [3.8, 4) is 0 Å². The first-order chi connectivity index (χ1) is 9.06. The van der Waals surface area contributed by atoms with Gasteiger partial charge >= 0.3 is 5.97 Å². The Balaban J connectivity index is 3.03. The first kappa shape index (κ1) is 14.9. The van der Waals surface area contributed by atoms with Gasteiger partial charge in [0, 0.05) is 12.0 Å². The Labute approximate surface area is 113 Å². The summed E-state index contributed by atoms with van der Waals surface area (Å²) >= 11 is 0. The maximum absolute atomic E-state index is 10.8. The van der Waals surface area contributed by atoms with Crippen LogP contribution < -0.4 is 5.73 Å². The molecule has 2 unspecified atom stereocenters. The molecule has 3 nitrogen and oxygen atoms in total. The Hall–Kier alpha value is -2.13. The first-order valence-corrected chi connectivity index (χ1v) is 6.06. The molecule has 0 saturated heterocycles. The summed E-state index contributed by atoms with van der Waals surface area (Å²) in [4.78, 5) is 10.8. The lowest BCUT2D eigenvalue weighted by molar-refractivity contribution is -0.137. The Morgan fingerprint density at radius 2 is 2.00 bits per heavy atom. The van der Waals surface area contributed by atoms with Crippen molar-refractivity contribution in [1.29, 1.82) is 0 Å². The lowest BCUT2D eigenvalue weighted by Crippen LogP contribution is -2.31. The maximum atomic E-state index is 10.8. The van der Waals surface area contributed by atoms with Crippen LogP contribution >= 0.6 is 0 Å². The number of nitrogens with two attached hydrogens (primary N) is 1. The summed E-state index contributed by atoms with van der Waals surface area (Å²) in [6.07, 6.45) is 5.13. The van der Waals surface area contributed by atoms with E-state index in [0.29, 0.717) is 0 Å². The van der Waals surface area contributed by atoms with Gasteiger partial charge in [-0.15, -0.1) is 0 Å². The SMILES string of the molecule is C=C/C=C\C(=C)C(c1ccccc1)C(N)CC(=O)O. The van der Waals surface area contributed by atoms with Gasteiger partial charge in [0.05, 0.1) is 6.42 Å². The minimum absolute atomic E-state index is 0.0967. The van der Waals surface area contributed by atoms with Gasteiger partial charge in [-0.25, -0.2) is 0 Å². The molecule has 1 aromatic rings. The molecule has 0 aliphatic carbocycles. The van der Waals surface area contributed by atoms with Gasteiger partial charge in [-0.1, -0.05) is 61.7 Å². The number of carboxylic acids is 1. The fourth-order valence-electron chi connectivity index (χ4n) is 2.01. The monoisotopic (exact) mass is 257 g/mol. The molecule has 0 fully saturated rings. The molecule has 19 heavy (non-hydrogen) atoms. The van der Waals surface area contributed by atoms with Crippen LogP contribution in [0.2, 0.25) is 0 Å². The number of benzene rings is 1.